The molecule has 1 N–H and O–H groups in total. The van der Waals surface area contributed by atoms with Crippen molar-refractivity contribution in [3.8, 4) is 0 Å². The van der Waals surface area contributed by atoms with Crippen LogP contribution in [0.25, 0.3) is 12.2 Å². The van der Waals surface area contributed by atoms with Gasteiger partial charge in [-0.25, -0.2) is 8.78 Å². The number of nitrogens with one attached hydrogen (secondary N) is 1. The number of rotatable bonds is 2. The van der Waals surface area contributed by atoms with E-state index in [-0.39, 0.29) is 17.4 Å². The third-order valence-electron chi connectivity index (χ3n) is 3.64. The van der Waals surface area contributed by atoms with Gasteiger partial charge in [0.15, 0.2) is 5.78 Å². The molecule has 0 radical (unpaired) electrons. The molecule has 1 aliphatic rings. The number of ketones is 1. The summed E-state index contributed by atoms with van der Waals surface area (Å²) < 4.78 is 25.9. The predicted molar refractivity (Wildman–Crippen MR) is 86.6 cm³/mol. The summed E-state index contributed by atoms with van der Waals surface area (Å²) in [5.74, 6) is -0.660. The van der Waals surface area contributed by atoms with Gasteiger partial charge in [0.1, 0.15) is 11.6 Å². The van der Waals surface area contributed by atoms with Gasteiger partial charge in [-0.3, -0.25) is 4.79 Å². The van der Waals surface area contributed by atoms with Crippen LogP contribution in [-0.2, 0) is 4.79 Å². The minimum atomic E-state index is -0.308. The minimum Gasteiger partial charge on any atom is -0.308 e. The first-order valence-corrected chi connectivity index (χ1v) is 7.29. The molecular formula is C19H15F2NO. The molecule has 2 nitrogen and oxygen atoms in total. The summed E-state index contributed by atoms with van der Waals surface area (Å²) >= 11 is 0. The second-order valence-electron chi connectivity index (χ2n) is 5.37. The zero-order valence-electron chi connectivity index (χ0n) is 12.4. The Labute approximate surface area is 133 Å². The molecule has 23 heavy (non-hydrogen) atoms. The van der Waals surface area contributed by atoms with Gasteiger partial charge in [-0.05, 0) is 47.5 Å². The lowest BCUT2D eigenvalue weighted by molar-refractivity contribution is -0.112. The molecule has 1 saturated heterocycles. The Hall–Kier alpha value is -2.59. The van der Waals surface area contributed by atoms with Crippen molar-refractivity contribution in [1.82, 2.24) is 5.32 Å². The molecule has 3 rings (SSSR count). The van der Waals surface area contributed by atoms with E-state index >= 15 is 0 Å². The fourth-order valence-corrected chi connectivity index (χ4v) is 2.45. The molecule has 116 valence electrons. The van der Waals surface area contributed by atoms with Gasteiger partial charge in [0.2, 0.25) is 0 Å². The zero-order valence-corrected chi connectivity index (χ0v) is 12.4. The molecule has 0 atom stereocenters. The van der Waals surface area contributed by atoms with Crippen molar-refractivity contribution < 1.29 is 13.6 Å². The second-order valence-corrected chi connectivity index (χ2v) is 5.37. The first-order valence-electron chi connectivity index (χ1n) is 7.29. The van der Waals surface area contributed by atoms with Crippen LogP contribution in [0.2, 0.25) is 0 Å². The van der Waals surface area contributed by atoms with E-state index in [2.05, 4.69) is 5.32 Å². The van der Waals surface area contributed by atoms with Crippen molar-refractivity contribution in [2.75, 3.05) is 13.1 Å². The van der Waals surface area contributed by atoms with Gasteiger partial charge < -0.3 is 5.32 Å². The van der Waals surface area contributed by atoms with Gasteiger partial charge in [-0.1, -0.05) is 24.3 Å². The lowest BCUT2D eigenvalue weighted by atomic mass is 9.95. The van der Waals surface area contributed by atoms with Crippen LogP contribution < -0.4 is 5.32 Å². The molecule has 2 aromatic carbocycles. The molecule has 0 unspecified atom stereocenters. The summed E-state index contributed by atoms with van der Waals surface area (Å²) in [6, 6.07) is 12.0. The van der Waals surface area contributed by atoms with Gasteiger partial charge in [-0.15, -0.1) is 0 Å². The Bertz CT molecular complexity index is 709. The van der Waals surface area contributed by atoms with E-state index in [0.29, 0.717) is 24.2 Å². The second kappa shape index (κ2) is 6.67. The largest absolute Gasteiger partial charge is 0.308 e. The Morgan fingerprint density at radius 1 is 0.739 bits per heavy atom. The van der Waals surface area contributed by atoms with Crippen LogP contribution >= 0.6 is 0 Å². The Balaban J connectivity index is 1.86. The monoisotopic (exact) mass is 311 g/mol. The highest BCUT2D eigenvalue weighted by molar-refractivity contribution is 6.14. The third-order valence-corrected chi connectivity index (χ3v) is 3.64. The Kier molecular flexibility index (Phi) is 4.44. The predicted octanol–water partition coefficient (Wildman–Crippen LogP) is 3.60. The van der Waals surface area contributed by atoms with E-state index < -0.39 is 0 Å². The molecule has 4 heteroatoms. The number of benzene rings is 2. The van der Waals surface area contributed by atoms with Crippen molar-refractivity contribution in [2.24, 2.45) is 0 Å². The van der Waals surface area contributed by atoms with Crippen LogP contribution in [0, 0.1) is 11.6 Å². The average Bonchev–Trinajstić information content (AvgIpc) is 2.55. The van der Waals surface area contributed by atoms with Gasteiger partial charge >= 0.3 is 0 Å². The molecular weight excluding hydrogens is 296 g/mol. The van der Waals surface area contributed by atoms with Crippen LogP contribution in [0.5, 0.6) is 0 Å². The van der Waals surface area contributed by atoms with Gasteiger partial charge in [0.25, 0.3) is 0 Å². The molecule has 0 bridgehead atoms. The molecule has 0 aliphatic carbocycles. The molecule has 1 heterocycles. The number of hydrogen-bond acceptors (Lipinski definition) is 2. The standard InChI is InChI=1S/C19H15F2NO/c20-17-5-1-13(2-6-17)9-15-11-22-12-16(19(15)23)10-14-3-7-18(21)8-4-14/h1-10,22H,11-12H2/b15-9-,16-10-. The quantitative estimate of drug-likeness (QED) is 0.859. The normalized spacial score (nSPS) is 18.6. The molecule has 0 spiro atoms. The number of piperidine rings is 1. The molecule has 0 aromatic heterocycles. The smallest absolute Gasteiger partial charge is 0.187 e. The van der Waals surface area contributed by atoms with Crippen molar-refractivity contribution in [1.29, 1.82) is 0 Å². The van der Waals surface area contributed by atoms with Crippen molar-refractivity contribution in [3.63, 3.8) is 0 Å². The summed E-state index contributed by atoms with van der Waals surface area (Å²) in [6.07, 6.45) is 3.51. The van der Waals surface area contributed by atoms with E-state index in [1.54, 1.807) is 36.4 Å². The number of halogens is 2. The lowest BCUT2D eigenvalue weighted by Gasteiger charge is -2.18. The maximum atomic E-state index is 12.9. The van der Waals surface area contributed by atoms with Crippen LogP contribution in [0.1, 0.15) is 11.1 Å². The maximum Gasteiger partial charge on any atom is 0.187 e. The van der Waals surface area contributed by atoms with E-state index in [1.807, 2.05) is 0 Å². The molecule has 1 aliphatic heterocycles. The number of carbonyl (C=O) groups excluding carboxylic acids is 1. The number of Topliss-reactive ketones (excluding diaryl/α,β-unsaturated/α-hetero) is 1. The van der Waals surface area contributed by atoms with Crippen molar-refractivity contribution in [3.05, 3.63) is 82.4 Å². The third kappa shape index (κ3) is 3.79. The molecule has 1 fully saturated rings. The highest BCUT2D eigenvalue weighted by Crippen LogP contribution is 2.18. The highest BCUT2D eigenvalue weighted by atomic mass is 19.1. The van der Waals surface area contributed by atoms with Crippen LogP contribution in [-0.4, -0.2) is 18.9 Å². The fourth-order valence-electron chi connectivity index (χ4n) is 2.45. The summed E-state index contributed by atoms with van der Waals surface area (Å²) in [5.41, 5.74) is 2.80. The van der Waals surface area contributed by atoms with Crippen molar-refractivity contribution >= 4 is 17.9 Å². The first kappa shape index (κ1) is 15.3. The average molecular weight is 311 g/mol. The number of carbonyl (C=O) groups is 1. The van der Waals surface area contributed by atoms with Gasteiger partial charge in [0, 0.05) is 24.2 Å². The Morgan fingerprint density at radius 3 is 1.52 bits per heavy atom. The van der Waals surface area contributed by atoms with Crippen LogP contribution in [0.15, 0.2) is 59.7 Å². The zero-order chi connectivity index (χ0) is 16.2. The van der Waals surface area contributed by atoms with Gasteiger partial charge in [-0.2, -0.15) is 0 Å². The maximum absolute atomic E-state index is 12.9. The van der Waals surface area contributed by atoms with Crippen molar-refractivity contribution in [2.45, 2.75) is 0 Å². The summed E-state index contributed by atoms with van der Waals surface area (Å²) in [5, 5.41) is 3.17. The summed E-state index contributed by atoms with van der Waals surface area (Å²) in [4.78, 5) is 12.5. The summed E-state index contributed by atoms with van der Waals surface area (Å²) in [6.45, 7) is 0.938. The lowest BCUT2D eigenvalue weighted by Crippen LogP contribution is -2.32. The molecule has 0 saturated carbocycles. The van der Waals surface area contributed by atoms with E-state index in [0.717, 1.165) is 11.1 Å². The Morgan fingerprint density at radius 2 is 1.13 bits per heavy atom. The fraction of sp³-hybridized carbons (Fsp3) is 0.105. The van der Waals surface area contributed by atoms with Gasteiger partial charge in [0.05, 0.1) is 0 Å². The summed E-state index contributed by atoms with van der Waals surface area (Å²) in [7, 11) is 0. The van der Waals surface area contributed by atoms with Crippen LogP contribution in [0.3, 0.4) is 0 Å². The molecule has 2 aromatic rings. The molecule has 0 amide bonds. The minimum absolute atomic E-state index is 0.0441. The highest BCUT2D eigenvalue weighted by Gasteiger charge is 2.20. The first-order chi connectivity index (χ1) is 11.1. The van der Waals surface area contributed by atoms with E-state index in [9.17, 15) is 13.6 Å². The number of hydrogen-bond donors (Lipinski definition) is 1. The van der Waals surface area contributed by atoms with E-state index in [4.69, 9.17) is 0 Å². The SMILES string of the molecule is O=C1/C(=C\c2ccc(F)cc2)CNC/C1=C/c1ccc(F)cc1. The topological polar surface area (TPSA) is 29.1 Å². The van der Waals surface area contributed by atoms with E-state index in [1.165, 1.54) is 24.3 Å². The van der Waals surface area contributed by atoms with Crippen LogP contribution in [0.4, 0.5) is 8.78 Å².